The van der Waals surface area contributed by atoms with Crippen LogP contribution in [0.3, 0.4) is 0 Å². The predicted molar refractivity (Wildman–Crippen MR) is 128 cm³/mol. The molecule has 0 spiro atoms. The van der Waals surface area contributed by atoms with E-state index in [0.29, 0.717) is 6.54 Å². The number of hydrogen-bond acceptors (Lipinski definition) is 5. The Balaban J connectivity index is 1.70. The molecule has 3 heterocycles. The van der Waals surface area contributed by atoms with E-state index in [4.69, 9.17) is 4.98 Å². The third kappa shape index (κ3) is 5.04. The zero-order valence-corrected chi connectivity index (χ0v) is 19.9. The molecule has 9 heteroatoms. The van der Waals surface area contributed by atoms with Crippen LogP contribution in [0.1, 0.15) is 38.6 Å². The second-order valence-electron chi connectivity index (χ2n) is 9.72. The van der Waals surface area contributed by atoms with Crippen molar-refractivity contribution in [1.29, 1.82) is 0 Å². The van der Waals surface area contributed by atoms with Gasteiger partial charge in [-0.1, -0.05) is 0 Å². The van der Waals surface area contributed by atoms with E-state index in [1.54, 1.807) is 6.20 Å². The molecule has 0 fully saturated rings. The Morgan fingerprint density at radius 2 is 2.09 bits per heavy atom. The minimum atomic E-state index is -0.922. The molecule has 2 aromatic heterocycles. The highest BCUT2D eigenvalue weighted by atomic mass is 16.4. The van der Waals surface area contributed by atoms with Gasteiger partial charge >= 0.3 is 6.09 Å². The van der Waals surface area contributed by atoms with E-state index in [-0.39, 0.29) is 6.04 Å². The Morgan fingerprint density at radius 1 is 1.30 bits per heavy atom. The minimum Gasteiger partial charge on any atom is -0.465 e. The molecule has 178 valence electrons. The number of hydrogen-bond donors (Lipinski definition) is 2. The zero-order valence-electron chi connectivity index (χ0n) is 19.9. The third-order valence-corrected chi connectivity index (χ3v) is 6.28. The fourth-order valence-corrected chi connectivity index (χ4v) is 4.87. The summed E-state index contributed by atoms with van der Waals surface area (Å²) in [5.41, 5.74) is 2.92. The summed E-state index contributed by atoms with van der Waals surface area (Å²) in [6, 6.07) is 5.79. The number of carboxylic acid groups (broad SMARTS) is 1. The molecule has 9 nitrogen and oxygen atoms in total. The van der Waals surface area contributed by atoms with Crippen LogP contribution >= 0.6 is 0 Å². The van der Waals surface area contributed by atoms with E-state index in [0.717, 1.165) is 67.0 Å². The van der Waals surface area contributed by atoms with Crippen molar-refractivity contribution in [2.45, 2.75) is 64.8 Å². The molecular formula is C24H34N6O3. The second kappa shape index (κ2) is 9.15. The fourth-order valence-electron chi connectivity index (χ4n) is 4.87. The summed E-state index contributed by atoms with van der Waals surface area (Å²) < 4.78 is 4.14. The monoisotopic (exact) mass is 454 g/mol. The molecule has 1 aromatic carbocycles. The van der Waals surface area contributed by atoms with Crippen molar-refractivity contribution in [2.75, 3.05) is 25.0 Å². The van der Waals surface area contributed by atoms with Gasteiger partial charge in [0.25, 0.3) is 0 Å². The van der Waals surface area contributed by atoms with Gasteiger partial charge in [0.2, 0.25) is 0 Å². The first kappa shape index (κ1) is 23.3. The maximum Gasteiger partial charge on any atom is 0.412 e. The summed E-state index contributed by atoms with van der Waals surface area (Å²) in [5, 5.41) is 24.3. The lowest BCUT2D eigenvalue weighted by molar-refractivity contribution is 0.0437. The van der Waals surface area contributed by atoms with Gasteiger partial charge in [-0.15, -0.1) is 0 Å². The maximum absolute atomic E-state index is 11.9. The molecule has 2 N–H and O–H groups in total. The Labute approximate surface area is 194 Å². The number of likely N-dealkylation sites (N-methyl/N-ethyl adjacent to an activating group) is 1. The first-order valence-corrected chi connectivity index (χ1v) is 11.6. The number of aliphatic hydroxyl groups is 1. The van der Waals surface area contributed by atoms with Crippen LogP contribution in [0.2, 0.25) is 0 Å². The summed E-state index contributed by atoms with van der Waals surface area (Å²) in [4.78, 5) is 20.5. The number of aryl methyl sites for hydroxylation is 3. The van der Waals surface area contributed by atoms with Gasteiger partial charge < -0.3 is 19.7 Å². The highest BCUT2D eigenvalue weighted by Crippen LogP contribution is 2.36. The van der Waals surface area contributed by atoms with E-state index >= 15 is 0 Å². The number of imidazole rings is 1. The normalized spacial score (nSPS) is 16.5. The van der Waals surface area contributed by atoms with Gasteiger partial charge in [-0.25, -0.2) is 9.78 Å². The summed E-state index contributed by atoms with van der Waals surface area (Å²) in [7, 11) is 2.01. The number of amides is 1. The second-order valence-corrected chi connectivity index (χ2v) is 9.72. The van der Waals surface area contributed by atoms with E-state index in [9.17, 15) is 15.0 Å². The Morgan fingerprint density at radius 3 is 2.76 bits per heavy atom. The first-order chi connectivity index (χ1) is 15.6. The lowest BCUT2D eigenvalue weighted by Crippen LogP contribution is -2.41. The van der Waals surface area contributed by atoms with Crippen LogP contribution < -0.4 is 4.90 Å². The van der Waals surface area contributed by atoms with E-state index in [2.05, 4.69) is 14.6 Å². The molecule has 0 saturated carbocycles. The van der Waals surface area contributed by atoms with Gasteiger partial charge in [0, 0.05) is 56.6 Å². The molecule has 0 aliphatic carbocycles. The van der Waals surface area contributed by atoms with E-state index < -0.39 is 11.7 Å². The van der Waals surface area contributed by atoms with Crippen LogP contribution in [0, 0.1) is 0 Å². The van der Waals surface area contributed by atoms with Crippen LogP contribution in [-0.4, -0.2) is 72.3 Å². The molecule has 1 amide bonds. The highest BCUT2D eigenvalue weighted by Gasteiger charge is 2.30. The van der Waals surface area contributed by atoms with E-state index in [1.165, 1.54) is 4.90 Å². The van der Waals surface area contributed by atoms with Crippen molar-refractivity contribution in [3.8, 4) is 0 Å². The number of benzene rings is 1. The molecular weight excluding hydrogens is 420 g/mol. The number of nitrogens with zero attached hydrogens (tertiary/aromatic N) is 6. The van der Waals surface area contributed by atoms with Gasteiger partial charge in [0.15, 0.2) is 0 Å². The van der Waals surface area contributed by atoms with Crippen molar-refractivity contribution >= 4 is 22.8 Å². The summed E-state index contributed by atoms with van der Waals surface area (Å²) >= 11 is 0. The quantitative estimate of drug-likeness (QED) is 0.543. The summed E-state index contributed by atoms with van der Waals surface area (Å²) in [6.45, 7) is 8.36. The molecule has 4 rings (SSSR count). The highest BCUT2D eigenvalue weighted by molar-refractivity contribution is 5.94. The number of carbonyl (C=O) groups is 1. The first-order valence-electron chi connectivity index (χ1n) is 11.6. The van der Waals surface area contributed by atoms with Gasteiger partial charge in [-0.2, -0.15) is 5.10 Å². The van der Waals surface area contributed by atoms with Crippen LogP contribution in [0.4, 0.5) is 10.5 Å². The standard InChI is InChI=1S/C24H34N6O3/c1-17-6-7-18-19(30(17)23(31)32)8-9-20-22(18)26-21(10-13-28-12-5-11-25-28)29(20)15-14-27(4)16-24(2,3)33/h5,8-9,11-12,17,33H,6-7,10,13-16H2,1-4H3,(H,31,32)/t17-/m0/s1. The Bertz CT molecular complexity index is 1120. The van der Waals surface area contributed by atoms with Crippen molar-refractivity contribution < 1.29 is 15.0 Å². The Hall–Kier alpha value is -2.91. The lowest BCUT2D eigenvalue weighted by Gasteiger charge is -2.33. The minimum absolute atomic E-state index is 0.0516. The molecule has 1 aliphatic heterocycles. The number of rotatable bonds is 8. The average Bonchev–Trinajstić information content (AvgIpc) is 3.36. The molecule has 33 heavy (non-hydrogen) atoms. The van der Waals surface area contributed by atoms with Crippen molar-refractivity contribution in [2.24, 2.45) is 0 Å². The fraction of sp³-hybridized carbons (Fsp3) is 0.542. The SMILES string of the molecule is C[C@H]1CCc2c(ccc3c2nc(CCn2cccn2)n3CCN(C)CC(C)(C)O)N1C(=O)O. The van der Waals surface area contributed by atoms with Gasteiger partial charge in [0.1, 0.15) is 5.82 Å². The van der Waals surface area contributed by atoms with Gasteiger partial charge in [-0.05, 0) is 58.9 Å². The predicted octanol–water partition coefficient (Wildman–Crippen LogP) is 3.00. The van der Waals surface area contributed by atoms with Crippen LogP contribution in [0.15, 0.2) is 30.6 Å². The molecule has 1 aliphatic rings. The third-order valence-electron chi connectivity index (χ3n) is 6.28. The lowest BCUT2D eigenvalue weighted by atomic mass is 9.96. The van der Waals surface area contributed by atoms with Crippen molar-refractivity contribution in [3.63, 3.8) is 0 Å². The molecule has 0 saturated heterocycles. The number of anilines is 1. The maximum atomic E-state index is 11.9. The topological polar surface area (TPSA) is 99.7 Å². The number of fused-ring (bicyclic) bond motifs is 3. The van der Waals surface area contributed by atoms with E-state index in [1.807, 2.05) is 56.9 Å². The van der Waals surface area contributed by atoms with Crippen molar-refractivity contribution in [1.82, 2.24) is 24.2 Å². The molecule has 3 aromatic rings. The van der Waals surface area contributed by atoms with Crippen LogP contribution in [0.5, 0.6) is 0 Å². The van der Waals surface area contributed by atoms with Gasteiger partial charge in [0.05, 0.1) is 22.3 Å². The van der Waals surface area contributed by atoms with Gasteiger partial charge in [-0.3, -0.25) is 9.58 Å². The Kier molecular flexibility index (Phi) is 6.45. The summed E-state index contributed by atoms with van der Waals surface area (Å²) in [6.07, 6.45) is 5.10. The average molecular weight is 455 g/mol. The van der Waals surface area contributed by atoms with Crippen LogP contribution in [-0.2, 0) is 25.9 Å². The van der Waals surface area contributed by atoms with Crippen molar-refractivity contribution in [3.05, 3.63) is 42.0 Å². The molecule has 0 bridgehead atoms. The molecule has 1 atom stereocenters. The molecule has 0 unspecified atom stereocenters. The van der Waals surface area contributed by atoms with Crippen LogP contribution in [0.25, 0.3) is 11.0 Å². The summed E-state index contributed by atoms with van der Waals surface area (Å²) in [5.74, 6) is 0.964. The molecule has 0 radical (unpaired) electrons. The zero-order chi connectivity index (χ0) is 23.8. The number of aromatic nitrogens is 4. The largest absolute Gasteiger partial charge is 0.465 e. The smallest absolute Gasteiger partial charge is 0.412 e.